The molecule has 2 aromatic rings. The largest absolute Gasteiger partial charge is 0.473 e. The van der Waals surface area contributed by atoms with Gasteiger partial charge >= 0.3 is 0 Å². The van der Waals surface area contributed by atoms with Crippen molar-refractivity contribution in [1.29, 1.82) is 0 Å². The molecular formula is C16H21N5O3S. The van der Waals surface area contributed by atoms with E-state index in [9.17, 15) is 9.59 Å². The van der Waals surface area contributed by atoms with Crippen LogP contribution in [-0.4, -0.2) is 44.0 Å². The molecule has 9 heteroatoms. The van der Waals surface area contributed by atoms with Crippen molar-refractivity contribution in [3.8, 4) is 5.88 Å². The second-order valence-electron chi connectivity index (χ2n) is 6.24. The SMILES string of the molecule is CC(=O)Nc1ncc(CN2C[C@H](Oc3cc(=O)n(C)cn3)C[C@@H]2C)s1. The van der Waals surface area contributed by atoms with Gasteiger partial charge in [-0.25, -0.2) is 9.97 Å². The molecule has 0 spiro atoms. The summed E-state index contributed by atoms with van der Waals surface area (Å²) in [6.45, 7) is 5.13. The summed E-state index contributed by atoms with van der Waals surface area (Å²) in [5.74, 6) is 0.248. The summed E-state index contributed by atoms with van der Waals surface area (Å²) in [4.78, 5) is 34.5. The van der Waals surface area contributed by atoms with Crippen molar-refractivity contribution in [2.75, 3.05) is 11.9 Å². The van der Waals surface area contributed by atoms with Crippen molar-refractivity contribution in [2.24, 2.45) is 7.05 Å². The first-order chi connectivity index (χ1) is 11.9. The number of hydrogen-bond donors (Lipinski definition) is 1. The second kappa shape index (κ2) is 7.32. The number of nitrogens with one attached hydrogen (secondary N) is 1. The molecule has 2 aromatic heterocycles. The van der Waals surface area contributed by atoms with Crippen molar-refractivity contribution < 1.29 is 9.53 Å². The van der Waals surface area contributed by atoms with E-state index in [0.717, 1.165) is 24.4 Å². The number of anilines is 1. The Kier molecular flexibility index (Phi) is 5.14. The Morgan fingerprint density at radius 2 is 2.28 bits per heavy atom. The molecule has 1 saturated heterocycles. The molecule has 3 rings (SSSR count). The van der Waals surface area contributed by atoms with Crippen molar-refractivity contribution in [3.05, 3.63) is 33.8 Å². The van der Waals surface area contributed by atoms with Gasteiger partial charge in [0.05, 0.1) is 6.07 Å². The van der Waals surface area contributed by atoms with Gasteiger partial charge in [-0.05, 0) is 6.92 Å². The van der Waals surface area contributed by atoms with Gasteiger partial charge in [0, 0.05) is 50.6 Å². The maximum atomic E-state index is 11.7. The van der Waals surface area contributed by atoms with Crippen LogP contribution in [0.15, 0.2) is 23.4 Å². The summed E-state index contributed by atoms with van der Waals surface area (Å²) in [6, 6.07) is 1.76. The fraction of sp³-hybridized carbons (Fsp3) is 0.500. The average Bonchev–Trinajstić information content (AvgIpc) is 3.10. The van der Waals surface area contributed by atoms with Gasteiger partial charge in [-0.3, -0.25) is 14.5 Å². The maximum Gasteiger partial charge on any atom is 0.256 e. The van der Waals surface area contributed by atoms with Crippen LogP contribution in [0.5, 0.6) is 5.88 Å². The molecule has 0 radical (unpaired) electrons. The van der Waals surface area contributed by atoms with Gasteiger partial charge in [0.2, 0.25) is 11.8 Å². The van der Waals surface area contributed by atoms with E-state index in [1.165, 1.54) is 35.2 Å². The Morgan fingerprint density at radius 1 is 1.48 bits per heavy atom. The van der Waals surface area contributed by atoms with Gasteiger partial charge in [0.15, 0.2) is 5.13 Å². The van der Waals surface area contributed by atoms with Crippen molar-refractivity contribution in [3.63, 3.8) is 0 Å². The van der Waals surface area contributed by atoms with E-state index in [0.29, 0.717) is 17.1 Å². The zero-order chi connectivity index (χ0) is 18.0. The number of rotatable bonds is 5. The van der Waals surface area contributed by atoms with Crippen LogP contribution in [0.3, 0.4) is 0 Å². The van der Waals surface area contributed by atoms with Crippen molar-refractivity contribution in [2.45, 2.75) is 39.0 Å². The van der Waals surface area contributed by atoms with Gasteiger partial charge in [-0.2, -0.15) is 0 Å². The van der Waals surface area contributed by atoms with Crippen LogP contribution in [0.2, 0.25) is 0 Å². The number of carbonyl (C=O) groups excluding carboxylic acids is 1. The Hall–Kier alpha value is -2.26. The minimum Gasteiger partial charge on any atom is -0.473 e. The molecule has 2 atom stereocenters. The van der Waals surface area contributed by atoms with Gasteiger partial charge in [0.1, 0.15) is 12.4 Å². The van der Waals surface area contributed by atoms with Crippen LogP contribution in [0.1, 0.15) is 25.1 Å². The monoisotopic (exact) mass is 363 g/mol. The molecule has 134 valence electrons. The smallest absolute Gasteiger partial charge is 0.256 e. The highest BCUT2D eigenvalue weighted by Crippen LogP contribution is 2.26. The number of likely N-dealkylation sites (tertiary alicyclic amines) is 1. The predicted molar refractivity (Wildman–Crippen MR) is 94.8 cm³/mol. The van der Waals surface area contributed by atoms with E-state index in [-0.39, 0.29) is 17.6 Å². The fourth-order valence-corrected chi connectivity index (χ4v) is 3.71. The second-order valence-corrected chi connectivity index (χ2v) is 7.36. The molecule has 1 N–H and O–H groups in total. The number of amides is 1. The number of aryl methyl sites for hydroxylation is 1. The topological polar surface area (TPSA) is 89.4 Å². The van der Waals surface area contributed by atoms with Crippen LogP contribution >= 0.6 is 11.3 Å². The molecule has 3 heterocycles. The highest BCUT2D eigenvalue weighted by molar-refractivity contribution is 7.15. The predicted octanol–water partition coefficient (Wildman–Crippen LogP) is 1.24. The highest BCUT2D eigenvalue weighted by Gasteiger charge is 2.31. The van der Waals surface area contributed by atoms with Crippen LogP contribution in [0.25, 0.3) is 0 Å². The molecule has 8 nitrogen and oxygen atoms in total. The zero-order valence-corrected chi connectivity index (χ0v) is 15.2. The van der Waals surface area contributed by atoms with Crippen molar-refractivity contribution >= 4 is 22.4 Å². The molecular weight excluding hydrogens is 342 g/mol. The van der Waals surface area contributed by atoms with Gasteiger partial charge < -0.3 is 14.6 Å². The third kappa shape index (κ3) is 4.43. The first-order valence-corrected chi connectivity index (χ1v) is 8.88. The highest BCUT2D eigenvalue weighted by atomic mass is 32.1. The quantitative estimate of drug-likeness (QED) is 0.860. The van der Waals surface area contributed by atoms with E-state index in [1.807, 2.05) is 0 Å². The summed E-state index contributed by atoms with van der Waals surface area (Å²) in [5, 5.41) is 3.32. The molecule has 0 aliphatic carbocycles. The third-order valence-corrected chi connectivity index (χ3v) is 5.00. The lowest BCUT2D eigenvalue weighted by Crippen LogP contribution is -2.28. The molecule has 1 amide bonds. The van der Waals surface area contributed by atoms with Gasteiger partial charge in [-0.15, -0.1) is 11.3 Å². The van der Waals surface area contributed by atoms with Gasteiger partial charge in [0.25, 0.3) is 5.56 Å². The molecule has 25 heavy (non-hydrogen) atoms. The molecule has 0 bridgehead atoms. The summed E-state index contributed by atoms with van der Waals surface area (Å²) < 4.78 is 7.28. The summed E-state index contributed by atoms with van der Waals surface area (Å²) in [5.41, 5.74) is -0.136. The van der Waals surface area contributed by atoms with E-state index >= 15 is 0 Å². The molecule has 1 fully saturated rings. The first-order valence-electron chi connectivity index (χ1n) is 8.06. The number of nitrogens with zero attached hydrogens (tertiary/aromatic N) is 4. The molecule has 0 saturated carbocycles. The van der Waals surface area contributed by atoms with E-state index < -0.39 is 0 Å². The number of carbonyl (C=O) groups is 1. The Balaban J connectivity index is 1.59. The number of hydrogen-bond acceptors (Lipinski definition) is 7. The van der Waals surface area contributed by atoms with Crippen molar-refractivity contribution in [1.82, 2.24) is 19.4 Å². The number of ether oxygens (including phenoxy) is 1. The molecule has 1 aliphatic heterocycles. The summed E-state index contributed by atoms with van der Waals surface area (Å²) >= 11 is 1.48. The Bertz CT molecular complexity index is 818. The third-order valence-electron chi connectivity index (χ3n) is 4.10. The van der Waals surface area contributed by atoms with Crippen LogP contribution in [-0.2, 0) is 18.4 Å². The van der Waals surface area contributed by atoms with Crippen LogP contribution in [0.4, 0.5) is 5.13 Å². The standard InChI is InChI=1S/C16H21N5O3S/c1-10-4-12(24-14-5-15(23)20(3)9-18-14)7-21(10)8-13-6-17-16(25-13)19-11(2)22/h5-6,9-10,12H,4,7-8H2,1-3H3,(H,17,19,22)/t10-,12+/m0/s1. The van der Waals surface area contributed by atoms with E-state index in [2.05, 4.69) is 27.1 Å². The number of thiazole rings is 1. The van der Waals surface area contributed by atoms with E-state index in [1.54, 1.807) is 13.2 Å². The lowest BCUT2D eigenvalue weighted by atomic mass is 10.2. The summed E-state index contributed by atoms with van der Waals surface area (Å²) in [7, 11) is 1.66. The average molecular weight is 363 g/mol. The normalized spacial score (nSPS) is 20.6. The molecule has 1 aliphatic rings. The minimum atomic E-state index is -0.136. The fourth-order valence-electron chi connectivity index (χ4n) is 2.82. The molecule has 0 unspecified atom stereocenters. The Labute approximate surface area is 149 Å². The number of aromatic nitrogens is 3. The van der Waals surface area contributed by atoms with E-state index in [4.69, 9.17) is 4.74 Å². The first kappa shape index (κ1) is 17.6. The van der Waals surface area contributed by atoms with Gasteiger partial charge in [-0.1, -0.05) is 0 Å². The zero-order valence-electron chi connectivity index (χ0n) is 14.4. The lowest BCUT2D eigenvalue weighted by Gasteiger charge is -2.19. The van der Waals surface area contributed by atoms with Crippen LogP contribution < -0.4 is 15.6 Å². The Morgan fingerprint density at radius 3 is 3.00 bits per heavy atom. The lowest BCUT2D eigenvalue weighted by molar-refractivity contribution is -0.114. The summed E-state index contributed by atoms with van der Waals surface area (Å²) in [6.07, 6.45) is 4.12. The maximum absolute atomic E-state index is 11.7. The minimum absolute atomic E-state index is 0.00246. The van der Waals surface area contributed by atoms with Crippen LogP contribution in [0, 0.1) is 0 Å². The molecule has 0 aromatic carbocycles.